The van der Waals surface area contributed by atoms with Crippen molar-refractivity contribution >= 4 is 23.4 Å². The lowest BCUT2D eigenvalue weighted by Crippen LogP contribution is -2.60. The Morgan fingerprint density at radius 3 is 2.73 bits per heavy atom. The zero-order valence-electron chi connectivity index (χ0n) is 15.8. The molecule has 0 radical (unpaired) electrons. The number of carbonyl (C=O) groups is 2. The highest BCUT2D eigenvalue weighted by Crippen LogP contribution is 2.25. The molecule has 0 aliphatic carbocycles. The zero-order chi connectivity index (χ0) is 19.3. The van der Waals surface area contributed by atoms with Gasteiger partial charge in [-0.3, -0.25) is 4.79 Å². The van der Waals surface area contributed by atoms with E-state index in [-0.39, 0.29) is 23.0 Å². The highest BCUT2D eigenvalue weighted by atomic mass is 35.5. The van der Waals surface area contributed by atoms with E-state index < -0.39 is 5.54 Å². The van der Waals surface area contributed by atoms with E-state index in [2.05, 4.69) is 15.6 Å². The lowest BCUT2D eigenvalue weighted by Gasteiger charge is -2.34. The van der Waals surface area contributed by atoms with Crippen LogP contribution in [0.3, 0.4) is 0 Å². The fourth-order valence-corrected chi connectivity index (χ4v) is 3.34. The molecule has 0 aromatic carbocycles. The molecule has 0 unspecified atom stereocenters. The van der Waals surface area contributed by atoms with Gasteiger partial charge < -0.3 is 20.3 Å². The van der Waals surface area contributed by atoms with Gasteiger partial charge >= 0.3 is 6.03 Å². The van der Waals surface area contributed by atoms with Gasteiger partial charge in [0.25, 0.3) is 0 Å². The molecule has 144 valence electrons. The zero-order valence-corrected chi connectivity index (χ0v) is 16.5. The summed E-state index contributed by atoms with van der Waals surface area (Å²) >= 11 is 6.19. The van der Waals surface area contributed by atoms with E-state index in [1.165, 1.54) is 0 Å². The molecule has 0 saturated carbocycles. The monoisotopic (exact) mass is 382 g/mol. The van der Waals surface area contributed by atoms with E-state index >= 15 is 0 Å². The molecular formula is C18H27ClN4O3. The lowest BCUT2D eigenvalue weighted by atomic mass is 9.88. The van der Waals surface area contributed by atoms with E-state index in [9.17, 15) is 9.59 Å². The summed E-state index contributed by atoms with van der Waals surface area (Å²) in [5, 5.41) is 6.29. The van der Waals surface area contributed by atoms with Crippen LogP contribution in [0.15, 0.2) is 12.1 Å². The number of methoxy groups -OCH3 is 1. The predicted molar refractivity (Wildman–Crippen MR) is 101 cm³/mol. The number of ketones is 1. The molecule has 2 rings (SSSR count). The van der Waals surface area contributed by atoms with E-state index in [0.29, 0.717) is 38.2 Å². The second kappa shape index (κ2) is 8.79. The smallest absolute Gasteiger partial charge is 0.318 e. The number of aromatic nitrogens is 1. The molecule has 8 heteroatoms. The molecule has 1 aromatic rings. The number of nitrogens with one attached hydrogen (secondary N) is 2. The van der Waals surface area contributed by atoms with Crippen molar-refractivity contribution in [3.05, 3.63) is 28.5 Å². The van der Waals surface area contributed by atoms with Crippen molar-refractivity contribution in [3.8, 4) is 0 Å². The van der Waals surface area contributed by atoms with Crippen LogP contribution in [0.2, 0.25) is 5.15 Å². The summed E-state index contributed by atoms with van der Waals surface area (Å²) in [5.74, 6) is -0.219. The maximum Gasteiger partial charge on any atom is 0.318 e. The number of pyridine rings is 1. The first kappa shape index (κ1) is 20.6. The van der Waals surface area contributed by atoms with Gasteiger partial charge in [-0.2, -0.15) is 0 Å². The molecule has 1 aliphatic heterocycles. The third-order valence-electron chi connectivity index (χ3n) is 4.59. The molecular weight excluding hydrogens is 356 g/mol. The molecule has 2 heterocycles. The first-order valence-electron chi connectivity index (χ1n) is 8.77. The molecule has 2 N–H and O–H groups in total. The molecule has 26 heavy (non-hydrogen) atoms. The Morgan fingerprint density at radius 2 is 2.19 bits per heavy atom. The van der Waals surface area contributed by atoms with Gasteiger partial charge in [0.05, 0.1) is 12.2 Å². The van der Waals surface area contributed by atoms with Gasteiger partial charge in [0.1, 0.15) is 10.7 Å². The van der Waals surface area contributed by atoms with Crippen molar-refractivity contribution in [3.63, 3.8) is 0 Å². The van der Waals surface area contributed by atoms with Crippen LogP contribution in [0, 0.1) is 6.92 Å². The maximum atomic E-state index is 13.2. The van der Waals surface area contributed by atoms with Crippen LogP contribution in [0.4, 0.5) is 4.79 Å². The SMILES string of the molecule is COCCN(C(=O)N[C@]1(C(=O)c2ccc(C)nc2Cl)CCNC1)C(C)C. The Balaban J connectivity index is 2.26. The topological polar surface area (TPSA) is 83.6 Å². The average molecular weight is 383 g/mol. The van der Waals surface area contributed by atoms with Crippen LogP contribution in [0.25, 0.3) is 0 Å². The van der Waals surface area contributed by atoms with Crippen molar-refractivity contribution in [1.29, 1.82) is 0 Å². The molecule has 7 nitrogen and oxygen atoms in total. The van der Waals surface area contributed by atoms with Gasteiger partial charge in [-0.25, -0.2) is 9.78 Å². The predicted octanol–water partition coefficient (Wildman–Crippen LogP) is 2.02. The van der Waals surface area contributed by atoms with E-state index in [1.54, 1.807) is 24.1 Å². The second-order valence-corrected chi connectivity index (χ2v) is 7.20. The van der Waals surface area contributed by atoms with Crippen molar-refractivity contribution in [2.24, 2.45) is 0 Å². The Labute approximate surface area is 159 Å². The van der Waals surface area contributed by atoms with E-state index in [1.807, 2.05) is 20.8 Å². The molecule has 1 aromatic heterocycles. The van der Waals surface area contributed by atoms with Crippen molar-refractivity contribution in [2.75, 3.05) is 33.4 Å². The molecule has 1 aliphatic rings. The third-order valence-corrected chi connectivity index (χ3v) is 4.88. The number of rotatable bonds is 7. The minimum Gasteiger partial charge on any atom is -0.383 e. The first-order valence-corrected chi connectivity index (χ1v) is 9.15. The number of hydrogen-bond donors (Lipinski definition) is 2. The molecule has 1 fully saturated rings. The first-order chi connectivity index (χ1) is 12.3. The number of carbonyl (C=O) groups excluding carboxylic acids is 2. The number of urea groups is 1. The fraction of sp³-hybridized carbons (Fsp3) is 0.611. The molecule has 1 atom stereocenters. The van der Waals surface area contributed by atoms with Crippen LogP contribution >= 0.6 is 11.6 Å². The standard InChI is InChI=1S/C18H27ClN4O3/c1-12(2)23(9-10-26-4)17(25)22-18(7-8-20-11-18)15(24)14-6-5-13(3)21-16(14)19/h5-6,12,20H,7-11H2,1-4H3,(H,22,25)/t18-/m1/s1. The summed E-state index contributed by atoms with van der Waals surface area (Å²) in [4.78, 5) is 31.9. The number of hydrogen-bond acceptors (Lipinski definition) is 5. The number of ether oxygens (including phenoxy) is 1. The number of halogens is 1. The van der Waals surface area contributed by atoms with Gasteiger partial charge in [0.2, 0.25) is 0 Å². The number of Topliss-reactive ketones (excluding diaryl/α,β-unsaturated/α-hetero) is 1. The summed E-state index contributed by atoms with van der Waals surface area (Å²) < 4.78 is 5.08. The van der Waals surface area contributed by atoms with Crippen LogP contribution in [0.5, 0.6) is 0 Å². The molecule has 2 amide bonds. The summed E-state index contributed by atoms with van der Waals surface area (Å²) in [5.41, 5.74) is 0.0340. The Kier molecular flexibility index (Phi) is 6.97. The number of aryl methyl sites for hydroxylation is 1. The van der Waals surface area contributed by atoms with Gasteiger partial charge in [0, 0.05) is 31.9 Å². The lowest BCUT2D eigenvalue weighted by molar-refractivity contribution is 0.0850. The van der Waals surface area contributed by atoms with Gasteiger partial charge in [-0.15, -0.1) is 0 Å². The number of amides is 2. The quantitative estimate of drug-likeness (QED) is 0.557. The minimum atomic E-state index is -1.03. The van der Waals surface area contributed by atoms with Crippen LogP contribution in [-0.4, -0.2) is 66.6 Å². The highest BCUT2D eigenvalue weighted by Gasteiger charge is 2.44. The van der Waals surface area contributed by atoms with Crippen molar-refractivity contribution < 1.29 is 14.3 Å². The largest absolute Gasteiger partial charge is 0.383 e. The van der Waals surface area contributed by atoms with E-state index in [4.69, 9.17) is 16.3 Å². The van der Waals surface area contributed by atoms with Gasteiger partial charge in [-0.1, -0.05) is 11.6 Å². The normalized spacial score (nSPS) is 19.6. The molecule has 0 spiro atoms. The second-order valence-electron chi connectivity index (χ2n) is 6.84. The summed E-state index contributed by atoms with van der Waals surface area (Å²) in [6.45, 7) is 7.55. The maximum absolute atomic E-state index is 13.2. The van der Waals surface area contributed by atoms with Gasteiger partial charge in [0.15, 0.2) is 5.78 Å². The minimum absolute atomic E-state index is 0.0173. The van der Waals surface area contributed by atoms with Crippen LogP contribution < -0.4 is 10.6 Å². The summed E-state index contributed by atoms with van der Waals surface area (Å²) in [6, 6.07) is 3.11. The highest BCUT2D eigenvalue weighted by molar-refractivity contribution is 6.33. The van der Waals surface area contributed by atoms with Crippen LogP contribution in [0.1, 0.15) is 36.3 Å². The Morgan fingerprint density at radius 1 is 1.46 bits per heavy atom. The van der Waals surface area contributed by atoms with Gasteiger partial charge in [-0.05, 0) is 45.9 Å². The fourth-order valence-electron chi connectivity index (χ4n) is 3.06. The number of nitrogens with zero attached hydrogens (tertiary/aromatic N) is 2. The Bertz CT molecular complexity index is 660. The summed E-state index contributed by atoms with van der Waals surface area (Å²) in [6.07, 6.45) is 0.498. The summed E-state index contributed by atoms with van der Waals surface area (Å²) in [7, 11) is 1.59. The van der Waals surface area contributed by atoms with Crippen molar-refractivity contribution in [2.45, 2.75) is 38.8 Å². The van der Waals surface area contributed by atoms with Crippen molar-refractivity contribution in [1.82, 2.24) is 20.5 Å². The average Bonchev–Trinajstić information content (AvgIpc) is 3.04. The third kappa shape index (κ3) is 4.52. The van der Waals surface area contributed by atoms with Crippen LogP contribution in [-0.2, 0) is 4.74 Å². The molecule has 0 bridgehead atoms. The Hall–Kier alpha value is -1.70. The van der Waals surface area contributed by atoms with E-state index in [0.717, 1.165) is 5.69 Å². The molecule has 1 saturated heterocycles.